The molecule has 1 amide bonds. The van der Waals surface area contributed by atoms with Gasteiger partial charge in [0.05, 0.1) is 23.8 Å². The van der Waals surface area contributed by atoms with E-state index in [0.717, 1.165) is 0 Å². The number of aromatic nitrogens is 3. The highest BCUT2D eigenvalue weighted by molar-refractivity contribution is 7.99. The molecule has 3 rings (SSSR count). The second kappa shape index (κ2) is 8.05. The van der Waals surface area contributed by atoms with E-state index in [-0.39, 0.29) is 5.91 Å². The van der Waals surface area contributed by atoms with Crippen molar-refractivity contribution in [3.8, 4) is 11.4 Å². The molecule has 0 bridgehead atoms. The number of imidazole rings is 1. The molecule has 0 fully saturated rings. The number of nitrogens with zero attached hydrogens (tertiary/aromatic N) is 4. The Hall–Kier alpha value is -2.81. The van der Waals surface area contributed by atoms with Gasteiger partial charge in [0.15, 0.2) is 0 Å². The Morgan fingerprint density at radius 2 is 2.00 bits per heavy atom. The van der Waals surface area contributed by atoms with Crippen LogP contribution in [0.3, 0.4) is 0 Å². The van der Waals surface area contributed by atoms with Crippen LogP contribution < -0.4 is 4.90 Å². The molecular formula is C19H17F3N4OS. The average Bonchev–Trinajstić information content (AvgIpc) is 3.07. The lowest BCUT2D eigenvalue weighted by Crippen LogP contribution is -2.28. The molecule has 9 heteroatoms. The monoisotopic (exact) mass is 406 g/mol. The minimum Gasteiger partial charge on any atom is -0.323 e. The van der Waals surface area contributed by atoms with Crippen LogP contribution in [-0.4, -0.2) is 39.4 Å². The van der Waals surface area contributed by atoms with Gasteiger partial charge in [-0.25, -0.2) is 4.98 Å². The van der Waals surface area contributed by atoms with Crippen molar-refractivity contribution in [1.29, 1.82) is 0 Å². The first-order valence-corrected chi connectivity index (χ1v) is 9.24. The SMILES string of the molecule is CN(C(=O)c1cnc(-c2cccc(SCC(F)(F)F)c2)n1C)c1cccnc1. The van der Waals surface area contributed by atoms with Crippen molar-refractivity contribution in [3.05, 3.63) is 60.7 Å². The maximum absolute atomic E-state index is 12.8. The number of carbonyl (C=O) groups excluding carboxylic acids is 1. The molecule has 1 aromatic carbocycles. The van der Waals surface area contributed by atoms with E-state index in [9.17, 15) is 18.0 Å². The Balaban J connectivity index is 1.84. The van der Waals surface area contributed by atoms with Crippen molar-refractivity contribution in [2.24, 2.45) is 7.05 Å². The lowest BCUT2D eigenvalue weighted by Gasteiger charge is -2.17. The highest BCUT2D eigenvalue weighted by atomic mass is 32.2. The summed E-state index contributed by atoms with van der Waals surface area (Å²) < 4.78 is 39.0. The van der Waals surface area contributed by atoms with E-state index in [4.69, 9.17) is 0 Å². The van der Waals surface area contributed by atoms with Crippen molar-refractivity contribution in [2.75, 3.05) is 17.7 Å². The highest BCUT2D eigenvalue weighted by Crippen LogP contribution is 2.30. The van der Waals surface area contributed by atoms with Gasteiger partial charge in [0.2, 0.25) is 0 Å². The van der Waals surface area contributed by atoms with E-state index in [1.807, 2.05) is 0 Å². The van der Waals surface area contributed by atoms with Gasteiger partial charge in [-0.05, 0) is 24.3 Å². The molecule has 0 N–H and O–H groups in total. The van der Waals surface area contributed by atoms with E-state index < -0.39 is 11.9 Å². The van der Waals surface area contributed by atoms with Crippen LogP contribution in [0, 0.1) is 0 Å². The molecular weight excluding hydrogens is 389 g/mol. The van der Waals surface area contributed by atoms with Crippen LogP contribution in [0.2, 0.25) is 0 Å². The first-order chi connectivity index (χ1) is 13.3. The fourth-order valence-corrected chi connectivity index (χ4v) is 3.32. The van der Waals surface area contributed by atoms with Gasteiger partial charge >= 0.3 is 6.18 Å². The molecule has 5 nitrogen and oxygen atoms in total. The molecule has 2 heterocycles. The third-order valence-corrected chi connectivity index (χ3v) is 5.10. The molecule has 0 unspecified atom stereocenters. The Kier molecular flexibility index (Phi) is 5.73. The third-order valence-electron chi connectivity index (χ3n) is 4.04. The summed E-state index contributed by atoms with van der Waals surface area (Å²) in [6.45, 7) is 0. The molecule has 0 aliphatic rings. The molecule has 2 aromatic heterocycles. The van der Waals surface area contributed by atoms with Crippen LogP contribution in [0.4, 0.5) is 18.9 Å². The summed E-state index contributed by atoms with van der Waals surface area (Å²) >= 11 is 0.713. The van der Waals surface area contributed by atoms with E-state index >= 15 is 0 Å². The van der Waals surface area contributed by atoms with Gasteiger partial charge in [-0.15, -0.1) is 11.8 Å². The normalized spacial score (nSPS) is 11.5. The lowest BCUT2D eigenvalue weighted by atomic mass is 10.2. The standard InChI is InChI=1S/C19H17F3N4OS/c1-25(14-6-4-8-23-10-14)18(27)16-11-24-17(26(16)2)13-5-3-7-15(9-13)28-12-19(20,21)22/h3-11H,12H2,1-2H3. The summed E-state index contributed by atoms with van der Waals surface area (Å²) in [5, 5.41) is 0. The zero-order valence-corrected chi connectivity index (χ0v) is 16.0. The summed E-state index contributed by atoms with van der Waals surface area (Å²) in [6, 6.07) is 10.2. The lowest BCUT2D eigenvalue weighted by molar-refractivity contribution is -0.105. The number of rotatable bonds is 5. The predicted molar refractivity (Wildman–Crippen MR) is 102 cm³/mol. The molecule has 0 saturated carbocycles. The number of carbonyl (C=O) groups is 1. The minimum absolute atomic E-state index is 0.267. The van der Waals surface area contributed by atoms with Gasteiger partial charge in [0, 0.05) is 30.8 Å². The van der Waals surface area contributed by atoms with Crippen molar-refractivity contribution >= 4 is 23.4 Å². The summed E-state index contributed by atoms with van der Waals surface area (Å²) in [4.78, 5) is 23.0. The number of thioether (sulfide) groups is 1. The van der Waals surface area contributed by atoms with Crippen molar-refractivity contribution < 1.29 is 18.0 Å². The van der Waals surface area contributed by atoms with Gasteiger partial charge in [-0.2, -0.15) is 13.2 Å². The quantitative estimate of drug-likeness (QED) is 0.589. The number of halogens is 3. The largest absolute Gasteiger partial charge is 0.398 e. The summed E-state index contributed by atoms with van der Waals surface area (Å²) in [5.41, 5.74) is 1.63. The number of hydrogen-bond acceptors (Lipinski definition) is 4. The second-order valence-corrected chi connectivity index (χ2v) is 7.08. The molecule has 146 valence electrons. The van der Waals surface area contributed by atoms with Crippen LogP contribution in [0.1, 0.15) is 10.5 Å². The number of anilines is 1. The molecule has 0 aliphatic carbocycles. The van der Waals surface area contributed by atoms with Crippen LogP contribution in [0.15, 0.2) is 59.9 Å². The van der Waals surface area contributed by atoms with E-state index in [2.05, 4.69) is 9.97 Å². The zero-order valence-electron chi connectivity index (χ0n) is 15.1. The smallest absolute Gasteiger partial charge is 0.323 e. The number of pyridine rings is 1. The Morgan fingerprint density at radius 3 is 2.68 bits per heavy atom. The van der Waals surface area contributed by atoms with E-state index in [0.29, 0.717) is 39.4 Å². The van der Waals surface area contributed by atoms with Crippen molar-refractivity contribution in [1.82, 2.24) is 14.5 Å². The molecule has 0 spiro atoms. The van der Waals surface area contributed by atoms with Crippen molar-refractivity contribution in [2.45, 2.75) is 11.1 Å². The van der Waals surface area contributed by atoms with Gasteiger partial charge in [-0.1, -0.05) is 12.1 Å². The highest BCUT2D eigenvalue weighted by Gasteiger charge is 2.27. The first-order valence-electron chi connectivity index (χ1n) is 8.26. The van der Waals surface area contributed by atoms with Crippen molar-refractivity contribution in [3.63, 3.8) is 0 Å². The van der Waals surface area contributed by atoms with Crippen LogP contribution >= 0.6 is 11.8 Å². The molecule has 0 atom stereocenters. The van der Waals surface area contributed by atoms with Crippen LogP contribution in [-0.2, 0) is 7.05 Å². The molecule has 28 heavy (non-hydrogen) atoms. The molecule has 0 radical (unpaired) electrons. The van der Waals surface area contributed by atoms with E-state index in [1.54, 1.807) is 67.5 Å². The molecule has 3 aromatic rings. The third kappa shape index (κ3) is 4.53. The summed E-state index contributed by atoms with van der Waals surface area (Å²) in [7, 11) is 3.34. The second-order valence-electron chi connectivity index (χ2n) is 6.03. The van der Waals surface area contributed by atoms with Gasteiger partial charge < -0.3 is 9.47 Å². The van der Waals surface area contributed by atoms with E-state index in [1.165, 1.54) is 11.1 Å². The van der Waals surface area contributed by atoms with Gasteiger partial charge in [0.1, 0.15) is 11.5 Å². The summed E-state index contributed by atoms with van der Waals surface area (Å²) in [6.07, 6.45) is 0.421. The molecule has 0 aliphatic heterocycles. The fourth-order valence-electron chi connectivity index (χ4n) is 2.61. The number of benzene rings is 1. The fraction of sp³-hybridized carbons (Fsp3) is 0.211. The van der Waals surface area contributed by atoms with Crippen LogP contribution in [0.25, 0.3) is 11.4 Å². The number of hydrogen-bond donors (Lipinski definition) is 0. The first kappa shape index (κ1) is 19.9. The minimum atomic E-state index is -4.24. The number of amides is 1. The van der Waals surface area contributed by atoms with Gasteiger partial charge in [-0.3, -0.25) is 9.78 Å². The zero-order chi connectivity index (χ0) is 20.3. The maximum atomic E-state index is 12.8. The summed E-state index contributed by atoms with van der Waals surface area (Å²) in [5.74, 6) is -0.731. The topological polar surface area (TPSA) is 51.0 Å². The number of alkyl halides is 3. The maximum Gasteiger partial charge on any atom is 0.398 e. The molecule has 0 saturated heterocycles. The van der Waals surface area contributed by atoms with Crippen LogP contribution in [0.5, 0.6) is 0 Å². The Morgan fingerprint density at radius 1 is 1.21 bits per heavy atom. The van der Waals surface area contributed by atoms with Gasteiger partial charge in [0.25, 0.3) is 5.91 Å². The Labute approximate surface area is 164 Å². The predicted octanol–water partition coefficient (Wildman–Crippen LogP) is 4.41. The average molecular weight is 406 g/mol. The Bertz CT molecular complexity index is 973.